The maximum absolute atomic E-state index is 10.2. The van der Waals surface area contributed by atoms with E-state index in [1.807, 2.05) is 12.1 Å². The molecular formula is C11H13O3-. The number of aryl methyl sites for hydroxylation is 1. The molecule has 0 saturated heterocycles. The van der Waals surface area contributed by atoms with Gasteiger partial charge in [-0.05, 0) is 30.9 Å². The number of carboxylic acid groups (broad SMARTS) is 1. The SMILES string of the molecule is C[C@@H]1C[C@@H]1c1ccc(CCC(=O)[O-])o1. The van der Waals surface area contributed by atoms with E-state index in [0.29, 0.717) is 12.3 Å². The Morgan fingerprint density at radius 3 is 2.93 bits per heavy atom. The molecule has 0 amide bonds. The summed E-state index contributed by atoms with van der Waals surface area (Å²) in [5.41, 5.74) is 0. The highest BCUT2D eigenvalue weighted by molar-refractivity contribution is 5.64. The van der Waals surface area contributed by atoms with E-state index >= 15 is 0 Å². The summed E-state index contributed by atoms with van der Waals surface area (Å²) in [4.78, 5) is 10.2. The molecule has 0 radical (unpaired) electrons. The number of carbonyl (C=O) groups is 1. The normalized spacial score (nSPS) is 24.9. The van der Waals surface area contributed by atoms with Crippen LogP contribution in [0.15, 0.2) is 16.5 Å². The Kier molecular flexibility index (Phi) is 2.32. The Morgan fingerprint density at radius 2 is 2.36 bits per heavy atom. The Labute approximate surface area is 82.7 Å². The fourth-order valence-corrected chi connectivity index (χ4v) is 1.67. The van der Waals surface area contributed by atoms with E-state index in [-0.39, 0.29) is 6.42 Å². The maximum atomic E-state index is 10.2. The molecule has 0 aromatic carbocycles. The lowest BCUT2D eigenvalue weighted by Crippen LogP contribution is -2.22. The molecule has 14 heavy (non-hydrogen) atoms. The molecule has 2 atom stereocenters. The maximum Gasteiger partial charge on any atom is 0.107 e. The van der Waals surface area contributed by atoms with Gasteiger partial charge in [0.1, 0.15) is 11.5 Å². The van der Waals surface area contributed by atoms with Crippen LogP contribution in [0.3, 0.4) is 0 Å². The third-order valence-corrected chi connectivity index (χ3v) is 2.73. The van der Waals surface area contributed by atoms with Gasteiger partial charge in [0.05, 0.1) is 0 Å². The van der Waals surface area contributed by atoms with Gasteiger partial charge in [0.15, 0.2) is 0 Å². The second-order valence-electron chi connectivity index (χ2n) is 4.00. The van der Waals surface area contributed by atoms with Crippen LogP contribution < -0.4 is 5.11 Å². The largest absolute Gasteiger partial charge is 0.550 e. The smallest absolute Gasteiger partial charge is 0.107 e. The van der Waals surface area contributed by atoms with Crippen molar-refractivity contribution in [2.24, 2.45) is 5.92 Å². The van der Waals surface area contributed by atoms with Crippen LogP contribution >= 0.6 is 0 Å². The first-order valence-corrected chi connectivity index (χ1v) is 4.95. The summed E-state index contributed by atoms with van der Waals surface area (Å²) in [7, 11) is 0. The van der Waals surface area contributed by atoms with Gasteiger partial charge in [0.2, 0.25) is 0 Å². The quantitative estimate of drug-likeness (QED) is 0.719. The first-order chi connectivity index (χ1) is 6.66. The van der Waals surface area contributed by atoms with Crippen molar-refractivity contribution in [3.05, 3.63) is 23.7 Å². The Balaban J connectivity index is 1.93. The summed E-state index contributed by atoms with van der Waals surface area (Å²) < 4.78 is 5.54. The van der Waals surface area contributed by atoms with Crippen molar-refractivity contribution in [3.8, 4) is 0 Å². The van der Waals surface area contributed by atoms with E-state index in [2.05, 4.69) is 6.92 Å². The van der Waals surface area contributed by atoms with Crippen LogP contribution in [0.5, 0.6) is 0 Å². The molecule has 76 valence electrons. The molecule has 0 aliphatic heterocycles. The lowest BCUT2D eigenvalue weighted by molar-refractivity contribution is -0.305. The molecule has 1 aliphatic carbocycles. The van der Waals surface area contributed by atoms with E-state index in [1.54, 1.807) is 0 Å². The molecular weight excluding hydrogens is 180 g/mol. The molecule has 1 aliphatic rings. The first-order valence-electron chi connectivity index (χ1n) is 4.95. The second kappa shape index (κ2) is 3.48. The Bertz CT molecular complexity index is 340. The van der Waals surface area contributed by atoms with Crippen LogP contribution in [0.2, 0.25) is 0 Å². The summed E-state index contributed by atoms with van der Waals surface area (Å²) in [5, 5.41) is 10.2. The Morgan fingerprint density at radius 1 is 1.64 bits per heavy atom. The summed E-state index contributed by atoms with van der Waals surface area (Å²) in [6, 6.07) is 3.82. The van der Waals surface area contributed by atoms with Gasteiger partial charge in [-0.1, -0.05) is 6.92 Å². The summed E-state index contributed by atoms with van der Waals surface area (Å²) >= 11 is 0. The van der Waals surface area contributed by atoms with E-state index < -0.39 is 5.97 Å². The van der Waals surface area contributed by atoms with E-state index in [4.69, 9.17) is 4.42 Å². The van der Waals surface area contributed by atoms with Gasteiger partial charge in [-0.3, -0.25) is 0 Å². The van der Waals surface area contributed by atoms with Crippen LogP contribution in [0, 0.1) is 5.92 Å². The third kappa shape index (κ3) is 1.97. The van der Waals surface area contributed by atoms with Crippen LogP contribution in [0.1, 0.15) is 37.2 Å². The summed E-state index contributed by atoms with van der Waals surface area (Å²) in [6.45, 7) is 2.19. The van der Waals surface area contributed by atoms with Crippen molar-refractivity contribution in [1.82, 2.24) is 0 Å². The average Bonchev–Trinajstić information content (AvgIpc) is 2.68. The van der Waals surface area contributed by atoms with Gasteiger partial charge in [-0.25, -0.2) is 0 Å². The second-order valence-corrected chi connectivity index (χ2v) is 4.00. The molecule has 0 bridgehead atoms. The minimum atomic E-state index is -1.03. The topological polar surface area (TPSA) is 53.3 Å². The lowest BCUT2D eigenvalue weighted by atomic mass is 10.2. The zero-order valence-electron chi connectivity index (χ0n) is 8.16. The van der Waals surface area contributed by atoms with Gasteiger partial charge in [-0.15, -0.1) is 0 Å². The van der Waals surface area contributed by atoms with Crippen LogP contribution in [0.4, 0.5) is 0 Å². The highest BCUT2D eigenvalue weighted by Gasteiger charge is 2.36. The predicted molar refractivity (Wildman–Crippen MR) is 48.6 cm³/mol. The zero-order chi connectivity index (χ0) is 10.1. The van der Waals surface area contributed by atoms with E-state index in [9.17, 15) is 9.90 Å². The monoisotopic (exact) mass is 193 g/mol. The molecule has 1 aromatic rings. The number of furan rings is 1. The molecule has 0 unspecified atom stereocenters. The number of hydrogen-bond acceptors (Lipinski definition) is 3. The predicted octanol–water partition coefficient (Wildman–Crippen LogP) is 1.09. The van der Waals surface area contributed by atoms with Gasteiger partial charge >= 0.3 is 0 Å². The average molecular weight is 193 g/mol. The van der Waals surface area contributed by atoms with Crippen molar-refractivity contribution in [1.29, 1.82) is 0 Å². The van der Waals surface area contributed by atoms with Crippen molar-refractivity contribution >= 4 is 5.97 Å². The molecule has 0 N–H and O–H groups in total. The molecule has 1 saturated carbocycles. The summed E-state index contributed by atoms with van der Waals surface area (Å²) in [6.07, 6.45) is 1.66. The number of rotatable bonds is 4. The minimum Gasteiger partial charge on any atom is -0.550 e. The molecule has 3 nitrogen and oxygen atoms in total. The van der Waals surface area contributed by atoms with Crippen molar-refractivity contribution in [2.45, 2.75) is 32.1 Å². The summed E-state index contributed by atoms with van der Waals surface area (Å²) in [5.74, 6) is 2.01. The van der Waals surface area contributed by atoms with Crippen molar-refractivity contribution in [2.75, 3.05) is 0 Å². The molecule has 2 rings (SSSR count). The van der Waals surface area contributed by atoms with Crippen LogP contribution in [0.25, 0.3) is 0 Å². The number of aliphatic carboxylic acids is 1. The van der Waals surface area contributed by atoms with Gasteiger partial charge < -0.3 is 14.3 Å². The van der Waals surface area contributed by atoms with Gasteiger partial charge in [0.25, 0.3) is 0 Å². The highest BCUT2D eigenvalue weighted by atomic mass is 16.4. The van der Waals surface area contributed by atoms with Gasteiger partial charge in [0, 0.05) is 18.3 Å². The molecule has 1 fully saturated rings. The minimum absolute atomic E-state index is 0.0349. The molecule has 1 heterocycles. The first kappa shape index (κ1) is 9.31. The highest BCUT2D eigenvalue weighted by Crippen LogP contribution is 2.47. The molecule has 0 spiro atoms. The van der Waals surface area contributed by atoms with Crippen molar-refractivity contribution < 1.29 is 14.3 Å². The van der Waals surface area contributed by atoms with Crippen LogP contribution in [-0.2, 0) is 11.2 Å². The van der Waals surface area contributed by atoms with E-state index in [0.717, 1.165) is 17.4 Å². The molecule has 1 aromatic heterocycles. The van der Waals surface area contributed by atoms with Crippen LogP contribution in [-0.4, -0.2) is 5.97 Å². The Hall–Kier alpha value is -1.25. The van der Waals surface area contributed by atoms with E-state index in [1.165, 1.54) is 6.42 Å². The number of carboxylic acids is 1. The standard InChI is InChI=1S/C11H14O3/c1-7-6-9(7)10-4-2-8(14-10)3-5-11(12)13/h2,4,7,9H,3,5-6H2,1H3,(H,12,13)/p-1/t7-,9+/m1/s1. The number of carbonyl (C=O) groups excluding carboxylic acids is 1. The third-order valence-electron chi connectivity index (χ3n) is 2.73. The molecule has 3 heteroatoms. The zero-order valence-corrected chi connectivity index (χ0v) is 8.16. The number of hydrogen-bond donors (Lipinski definition) is 0. The van der Waals surface area contributed by atoms with Crippen molar-refractivity contribution in [3.63, 3.8) is 0 Å². The fourth-order valence-electron chi connectivity index (χ4n) is 1.67. The van der Waals surface area contributed by atoms with Gasteiger partial charge in [-0.2, -0.15) is 0 Å². The lowest BCUT2D eigenvalue weighted by Gasteiger charge is -1.98. The fraction of sp³-hybridized carbons (Fsp3) is 0.545.